The zero-order valence-corrected chi connectivity index (χ0v) is 5.24. The lowest BCUT2D eigenvalue weighted by atomic mass is 10.4. The quantitative estimate of drug-likeness (QED) is 0.323. The minimum Gasteiger partial charge on any atom is -0.269 e. The first kappa shape index (κ1) is 11.5. The standard InChI is InChI=1S/C5H6N2O2.FH/c8-4-6-2-1-3-7-5-9;/h1-3H2;1H. The Hall–Kier alpha value is -1.31. The van der Waals surface area contributed by atoms with Crippen molar-refractivity contribution in [1.29, 1.82) is 0 Å². The van der Waals surface area contributed by atoms with Crippen LogP contribution in [0.15, 0.2) is 9.98 Å². The number of isocyanates is 2. The van der Waals surface area contributed by atoms with Crippen molar-refractivity contribution < 1.29 is 14.3 Å². The summed E-state index contributed by atoms with van der Waals surface area (Å²) >= 11 is 0. The van der Waals surface area contributed by atoms with Gasteiger partial charge in [0, 0.05) is 0 Å². The summed E-state index contributed by atoms with van der Waals surface area (Å²) in [6, 6.07) is 0. The third kappa shape index (κ3) is 9.85. The van der Waals surface area contributed by atoms with E-state index in [4.69, 9.17) is 0 Å². The Balaban J connectivity index is 0. The van der Waals surface area contributed by atoms with Gasteiger partial charge < -0.3 is 0 Å². The van der Waals surface area contributed by atoms with Gasteiger partial charge in [-0.3, -0.25) is 4.70 Å². The fourth-order valence-electron chi connectivity index (χ4n) is 0.320. The highest BCUT2D eigenvalue weighted by Crippen LogP contribution is 1.78. The molecule has 5 heteroatoms. The van der Waals surface area contributed by atoms with E-state index in [0.717, 1.165) is 0 Å². The van der Waals surface area contributed by atoms with E-state index in [9.17, 15) is 9.59 Å². The van der Waals surface area contributed by atoms with Crippen LogP contribution in [0.4, 0.5) is 4.70 Å². The van der Waals surface area contributed by atoms with Crippen molar-refractivity contribution in [2.75, 3.05) is 13.1 Å². The molecular weight excluding hydrogens is 139 g/mol. The van der Waals surface area contributed by atoms with Gasteiger partial charge in [0.15, 0.2) is 0 Å². The van der Waals surface area contributed by atoms with Crippen LogP contribution < -0.4 is 0 Å². The maximum atomic E-state index is 9.44. The summed E-state index contributed by atoms with van der Waals surface area (Å²) in [5.74, 6) is 0. The third-order valence-corrected chi connectivity index (χ3v) is 0.669. The van der Waals surface area contributed by atoms with Gasteiger partial charge in [0.2, 0.25) is 12.2 Å². The molecule has 0 aliphatic carbocycles. The fourth-order valence-corrected chi connectivity index (χ4v) is 0.320. The first-order valence-corrected chi connectivity index (χ1v) is 2.49. The van der Waals surface area contributed by atoms with E-state index >= 15 is 0 Å². The number of carbonyl (C=O) groups excluding carboxylic acids is 2. The molecule has 0 heterocycles. The van der Waals surface area contributed by atoms with Crippen molar-refractivity contribution in [3.05, 3.63) is 0 Å². The highest BCUT2D eigenvalue weighted by molar-refractivity contribution is 5.33. The SMILES string of the molecule is F.O=C=NCCCN=C=O. The molecule has 0 saturated heterocycles. The molecule has 4 nitrogen and oxygen atoms in total. The average Bonchev–Trinajstić information content (AvgIpc) is 1.89. The van der Waals surface area contributed by atoms with Gasteiger partial charge in [0.25, 0.3) is 0 Å². The largest absolute Gasteiger partial charge is 0.269 e. The van der Waals surface area contributed by atoms with Crippen LogP contribution in [0.2, 0.25) is 0 Å². The summed E-state index contributed by atoms with van der Waals surface area (Å²) in [4.78, 5) is 25.4. The zero-order valence-electron chi connectivity index (χ0n) is 5.24. The number of nitrogens with zero attached hydrogens (tertiary/aromatic N) is 2. The Bertz CT molecular complexity index is 141. The Morgan fingerprint density at radius 1 is 1.00 bits per heavy atom. The predicted molar refractivity (Wildman–Crippen MR) is 33.1 cm³/mol. The van der Waals surface area contributed by atoms with Crippen molar-refractivity contribution in [2.45, 2.75) is 6.42 Å². The second-order valence-corrected chi connectivity index (χ2v) is 1.30. The topological polar surface area (TPSA) is 58.9 Å². The van der Waals surface area contributed by atoms with Crippen molar-refractivity contribution >= 4 is 12.2 Å². The number of rotatable bonds is 4. The summed E-state index contributed by atoms with van der Waals surface area (Å²) in [7, 11) is 0. The Labute approximate surface area is 57.0 Å². The molecule has 0 aliphatic rings. The van der Waals surface area contributed by atoms with Crippen LogP contribution in [0, 0.1) is 0 Å². The van der Waals surface area contributed by atoms with Crippen LogP contribution >= 0.6 is 0 Å². The zero-order chi connectivity index (χ0) is 6.95. The van der Waals surface area contributed by atoms with E-state index in [2.05, 4.69) is 9.98 Å². The molecule has 0 atom stereocenters. The minimum atomic E-state index is 0. The van der Waals surface area contributed by atoms with Crippen molar-refractivity contribution in [1.82, 2.24) is 0 Å². The van der Waals surface area contributed by atoms with Gasteiger partial charge in [0.1, 0.15) is 0 Å². The molecule has 0 saturated carbocycles. The molecule has 0 aliphatic heterocycles. The molecule has 0 spiro atoms. The lowest BCUT2D eigenvalue weighted by Gasteiger charge is -1.81. The van der Waals surface area contributed by atoms with Crippen LogP contribution in [0.25, 0.3) is 0 Å². The van der Waals surface area contributed by atoms with Gasteiger partial charge in [-0.05, 0) is 6.42 Å². The number of hydrogen-bond donors (Lipinski definition) is 0. The molecule has 56 valence electrons. The van der Waals surface area contributed by atoms with E-state index in [1.54, 1.807) is 0 Å². The molecule has 10 heavy (non-hydrogen) atoms. The first-order valence-electron chi connectivity index (χ1n) is 2.49. The summed E-state index contributed by atoms with van der Waals surface area (Å²) in [5, 5.41) is 0. The highest BCUT2D eigenvalue weighted by atomic mass is 19.0. The summed E-state index contributed by atoms with van der Waals surface area (Å²) in [6.07, 6.45) is 3.36. The molecule has 0 rings (SSSR count). The predicted octanol–water partition coefficient (Wildman–Crippen LogP) is 0.201. The maximum absolute atomic E-state index is 9.44. The monoisotopic (exact) mass is 146 g/mol. The summed E-state index contributed by atoms with van der Waals surface area (Å²) < 4.78 is 0. The Morgan fingerprint density at radius 2 is 1.40 bits per heavy atom. The average molecular weight is 146 g/mol. The van der Waals surface area contributed by atoms with Crippen molar-refractivity contribution in [2.24, 2.45) is 9.98 Å². The van der Waals surface area contributed by atoms with Crippen LogP contribution in [-0.4, -0.2) is 25.2 Å². The number of hydrogen-bond acceptors (Lipinski definition) is 4. The van der Waals surface area contributed by atoms with Crippen LogP contribution in [0.1, 0.15) is 6.42 Å². The molecule has 0 bridgehead atoms. The second-order valence-electron chi connectivity index (χ2n) is 1.30. The van der Waals surface area contributed by atoms with Gasteiger partial charge in [-0.1, -0.05) is 0 Å². The first-order chi connectivity index (χ1) is 4.41. The summed E-state index contributed by atoms with van der Waals surface area (Å²) in [6.45, 7) is 0.767. The lowest BCUT2D eigenvalue weighted by molar-refractivity contribution is 0.561. The number of halogens is 1. The van der Waals surface area contributed by atoms with E-state index in [1.165, 1.54) is 12.2 Å². The molecule has 0 unspecified atom stereocenters. The molecule has 0 aromatic rings. The van der Waals surface area contributed by atoms with Gasteiger partial charge in [-0.2, -0.15) is 0 Å². The minimum absolute atomic E-state index is 0. The fraction of sp³-hybridized carbons (Fsp3) is 0.600. The third-order valence-electron chi connectivity index (χ3n) is 0.669. The summed E-state index contributed by atoms with van der Waals surface area (Å²) in [5.41, 5.74) is 0. The smallest absolute Gasteiger partial charge is 0.234 e. The molecule has 0 radical (unpaired) electrons. The normalized spacial score (nSPS) is 6.40. The van der Waals surface area contributed by atoms with Crippen LogP contribution in [0.3, 0.4) is 0 Å². The van der Waals surface area contributed by atoms with E-state index in [-0.39, 0.29) is 4.70 Å². The highest BCUT2D eigenvalue weighted by Gasteiger charge is 1.79. The van der Waals surface area contributed by atoms with Crippen LogP contribution in [-0.2, 0) is 9.59 Å². The van der Waals surface area contributed by atoms with Crippen molar-refractivity contribution in [3.63, 3.8) is 0 Å². The number of aliphatic imine (C=N–C) groups is 2. The van der Waals surface area contributed by atoms with Gasteiger partial charge in [-0.15, -0.1) is 0 Å². The molecule has 0 N–H and O–H groups in total. The van der Waals surface area contributed by atoms with Gasteiger partial charge in [0.05, 0.1) is 13.1 Å². The Morgan fingerprint density at radius 3 is 1.70 bits per heavy atom. The van der Waals surface area contributed by atoms with Gasteiger partial charge >= 0.3 is 0 Å². The van der Waals surface area contributed by atoms with E-state index < -0.39 is 0 Å². The Kier molecular flexibility index (Phi) is 12.2. The van der Waals surface area contributed by atoms with Crippen molar-refractivity contribution in [3.8, 4) is 0 Å². The second kappa shape index (κ2) is 10.6. The molecule has 0 aromatic heterocycles. The van der Waals surface area contributed by atoms with E-state index in [0.29, 0.717) is 19.5 Å². The van der Waals surface area contributed by atoms with Crippen LogP contribution in [0.5, 0.6) is 0 Å². The lowest BCUT2D eigenvalue weighted by Crippen LogP contribution is -1.83. The van der Waals surface area contributed by atoms with Gasteiger partial charge in [-0.25, -0.2) is 19.6 Å². The van der Waals surface area contributed by atoms with E-state index in [1.807, 2.05) is 0 Å². The molecule has 0 aromatic carbocycles. The maximum Gasteiger partial charge on any atom is 0.234 e. The molecule has 0 amide bonds. The molecular formula is C5H7FN2O2. The molecule has 0 fully saturated rings.